The SMILES string of the molecule is O[C@H]1CCN[C@@H](C2CC2)C1. The van der Waals surface area contributed by atoms with Crippen LogP contribution in [0.4, 0.5) is 0 Å². The van der Waals surface area contributed by atoms with Crippen LogP contribution < -0.4 is 5.32 Å². The minimum atomic E-state index is -0.0214. The molecule has 0 spiro atoms. The second-order valence-corrected chi connectivity index (χ2v) is 3.58. The monoisotopic (exact) mass is 141 g/mol. The largest absolute Gasteiger partial charge is 0.393 e. The molecule has 58 valence electrons. The molecule has 2 atom stereocenters. The number of aliphatic hydroxyl groups excluding tert-OH is 1. The summed E-state index contributed by atoms with van der Waals surface area (Å²) < 4.78 is 0. The molecule has 10 heavy (non-hydrogen) atoms. The minimum Gasteiger partial charge on any atom is -0.393 e. The first kappa shape index (κ1) is 6.62. The molecule has 0 aromatic heterocycles. The Kier molecular flexibility index (Phi) is 1.66. The summed E-state index contributed by atoms with van der Waals surface area (Å²) in [4.78, 5) is 0. The van der Waals surface area contributed by atoms with Crippen LogP contribution in [-0.2, 0) is 0 Å². The van der Waals surface area contributed by atoms with Gasteiger partial charge in [-0.3, -0.25) is 0 Å². The van der Waals surface area contributed by atoms with Crippen LogP contribution in [0.25, 0.3) is 0 Å². The van der Waals surface area contributed by atoms with Crippen molar-refractivity contribution < 1.29 is 5.11 Å². The van der Waals surface area contributed by atoms with Crippen molar-refractivity contribution in [3.63, 3.8) is 0 Å². The fraction of sp³-hybridized carbons (Fsp3) is 1.00. The van der Waals surface area contributed by atoms with Gasteiger partial charge in [0, 0.05) is 6.04 Å². The van der Waals surface area contributed by atoms with E-state index in [1.807, 2.05) is 0 Å². The fourth-order valence-corrected chi connectivity index (χ4v) is 1.79. The summed E-state index contributed by atoms with van der Waals surface area (Å²) in [6.07, 6.45) is 4.68. The number of rotatable bonds is 1. The van der Waals surface area contributed by atoms with Gasteiger partial charge in [-0.2, -0.15) is 0 Å². The highest BCUT2D eigenvalue weighted by Crippen LogP contribution is 2.35. The quantitative estimate of drug-likeness (QED) is 0.557. The lowest BCUT2D eigenvalue weighted by Gasteiger charge is -2.27. The van der Waals surface area contributed by atoms with Gasteiger partial charge in [0.1, 0.15) is 0 Å². The van der Waals surface area contributed by atoms with E-state index >= 15 is 0 Å². The van der Waals surface area contributed by atoms with Gasteiger partial charge in [-0.1, -0.05) is 0 Å². The molecule has 2 aliphatic rings. The highest BCUT2D eigenvalue weighted by atomic mass is 16.3. The van der Waals surface area contributed by atoms with Gasteiger partial charge in [-0.25, -0.2) is 0 Å². The summed E-state index contributed by atoms with van der Waals surface area (Å²) in [5.74, 6) is 0.898. The summed E-state index contributed by atoms with van der Waals surface area (Å²) in [5.41, 5.74) is 0. The second kappa shape index (κ2) is 2.51. The van der Waals surface area contributed by atoms with Crippen LogP contribution in [0.3, 0.4) is 0 Å². The van der Waals surface area contributed by atoms with Crippen LogP contribution in [0.5, 0.6) is 0 Å². The Morgan fingerprint density at radius 2 is 2.00 bits per heavy atom. The van der Waals surface area contributed by atoms with Gasteiger partial charge in [-0.15, -0.1) is 0 Å². The first-order valence-electron chi connectivity index (χ1n) is 4.28. The first-order valence-corrected chi connectivity index (χ1v) is 4.28. The standard InChI is InChI=1S/C8H15NO/c10-7-3-4-9-8(5-7)6-1-2-6/h6-10H,1-5H2/t7-,8+/m0/s1. The number of hydrogen-bond acceptors (Lipinski definition) is 2. The Morgan fingerprint density at radius 1 is 1.20 bits per heavy atom. The molecule has 0 aromatic carbocycles. The Labute approximate surface area is 61.6 Å². The van der Waals surface area contributed by atoms with Gasteiger partial charge in [0.2, 0.25) is 0 Å². The molecule has 1 saturated carbocycles. The Morgan fingerprint density at radius 3 is 2.60 bits per heavy atom. The van der Waals surface area contributed by atoms with Gasteiger partial charge in [0.05, 0.1) is 6.10 Å². The Hall–Kier alpha value is -0.0800. The van der Waals surface area contributed by atoms with Crippen LogP contribution in [0.2, 0.25) is 0 Å². The van der Waals surface area contributed by atoms with Crippen molar-refractivity contribution in [3.8, 4) is 0 Å². The van der Waals surface area contributed by atoms with E-state index in [-0.39, 0.29) is 6.10 Å². The number of hydrogen-bond donors (Lipinski definition) is 2. The van der Waals surface area contributed by atoms with E-state index in [4.69, 9.17) is 0 Å². The molecule has 1 aliphatic carbocycles. The van der Waals surface area contributed by atoms with Crippen LogP contribution in [-0.4, -0.2) is 23.8 Å². The molecule has 0 radical (unpaired) electrons. The zero-order valence-corrected chi connectivity index (χ0v) is 6.21. The molecule has 1 saturated heterocycles. The molecule has 2 heteroatoms. The maximum absolute atomic E-state index is 9.32. The van der Waals surface area contributed by atoms with Crippen LogP contribution in [0.1, 0.15) is 25.7 Å². The summed E-state index contributed by atoms with van der Waals surface area (Å²) in [7, 11) is 0. The van der Waals surface area contributed by atoms with Crippen molar-refractivity contribution in [2.75, 3.05) is 6.54 Å². The van der Waals surface area contributed by atoms with E-state index in [0.717, 1.165) is 25.3 Å². The molecule has 2 fully saturated rings. The van der Waals surface area contributed by atoms with Crippen molar-refractivity contribution in [1.29, 1.82) is 0 Å². The molecule has 0 aromatic rings. The van der Waals surface area contributed by atoms with E-state index < -0.39 is 0 Å². The molecule has 1 aliphatic heterocycles. The molecule has 0 unspecified atom stereocenters. The summed E-state index contributed by atoms with van der Waals surface area (Å²) in [5, 5.41) is 12.8. The molecule has 0 bridgehead atoms. The maximum Gasteiger partial charge on any atom is 0.0567 e. The zero-order valence-electron chi connectivity index (χ0n) is 6.21. The normalized spacial score (nSPS) is 41.7. The van der Waals surface area contributed by atoms with Crippen molar-refractivity contribution >= 4 is 0 Å². The van der Waals surface area contributed by atoms with E-state index in [1.165, 1.54) is 12.8 Å². The predicted octanol–water partition coefficient (Wildman–Crippen LogP) is 0.509. The number of piperidine rings is 1. The lowest BCUT2D eigenvalue weighted by atomic mass is 9.98. The van der Waals surface area contributed by atoms with Gasteiger partial charge in [0.25, 0.3) is 0 Å². The van der Waals surface area contributed by atoms with Crippen LogP contribution >= 0.6 is 0 Å². The number of aliphatic hydroxyl groups is 1. The van der Waals surface area contributed by atoms with E-state index in [2.05, 4.69) is 5.32 Å². The third kappa shape index (κ3) is 1.32. The van der Waals surface area contributed by atoms with Gasteiger partial charge in [0.15, 0.2) is 0 Å². The van der Waals surface area contributed by atoms with E-state index in [0.29, 0.717) is 6.04 Å². The summed E-state index contributed by atoms with van der Waals surface area (Å²) in [6, 6.07) is 0.642. The minimum absolute atomic E-state index is 0.0214. The highest BCUT2D eigenvalue weighted by molar-refractivity contribution is 4.90. The molecule has 2 rings (SSSR count). The maximum atomic E-state index is 9.32. The van der Waals surface area contributed by atoms with E-state index in [9.17, 15) is 5.11 Å². The highest BCUT2D eigenvalue weighted by Gasteiger charge is 2.33. The molecule has 2 nitrogen and oxygen atoms in total. The van der Waals surface area contributed by atoms with Crippen LogP contribution in [0, 0.1) is 5.92 Å². The average Bonchev–Trinajstić information content (AvgIpc) is 2.68. The Bertz CT molecular complexity index is 122. The third-order valence-corrected chi connectivity index (χ3v) is 2.60. The molecule has 0 amide bonds. The molecular formula is C8H15NO. The average molecular weight is 141 g/mol. The molecular weight excluding hydrogens is 126 g/mol. The van der Waals surface area contributed by atoms with E-state index in [1.54, 1.807) is 0 Å². The van der Waals surface area contributed by atoms with Gasteiger partial charge < -0.3 is 10.4 Å². The van der Waals surface area contributed by atoms with Crippen molar-refractivity contribution in [2.45, 2.75) is 37.8 Å². The van der Waals surface area contributed by atoms with Gasteiger partial charge >= 0.3 is 0 Å². The Balaban J connectivity index is 1.84. The summed E-state index contributed by atoms with van der Waals surface area (Å²) in [6.45, 7) is 1.02. The zero-order chi connectivity index (χ0) is 6.97. The van der Waals surface area contributed by atoms with Crippen molar-refractivity contribution in [1.82, 2.24) is 5.32 Å². The van der Waals surface area contributed by atoms with Crippen molar-refractivity contribution in [3.05, 3.63) is 0 Å². The molecule has 2 N–H and O–H groups in total. The lowest BCUT2D eigenvalue weighted by molar-refractivity contribution is 0.111. The third-order valence-electron chi connectivity index (χ3n) is 2.60. The predicted molar refractivity (Wildman–Crippen MR) is 39.8 cm³/mol. The topological polar surface area (TPSA) is 32.3 Å². The van der Waals surface area contributed by atoms with Gasteiger partial charge in [-0.05, 0) is 38.1 Å². The lowest BCUT2D eigenvalue weighted by Crippen LogP contribution is -2.41. The number of nitrogens with one attached hydrogen (secondary N) is 1. The van der Waals surface area contributed by atoms with Crippen molar-refractivity contribution in [2.24, 2.45) is 5.92 Å². The summed E-state index contributed by atoms with van der Waals surface area (Å²) >= 11 is 0. The first-order chi connectivity index (χ1) is 4.86. The van der Waals surface area contributed by atoms with Crippen LogP contribution in [0.15, 0.2) is 0 Å². The smallest absolute Gasteiger partial charge is 0.0567 e. The molecule has 1 heterocycles. The fourth-order valence-electron chi connectivity index (χ4n) is 1.79. The second-order valence-electron chi connectivity index (χ2n) is 3.58.